The van der Waals surface area contributed by atoms with Gasteiger partial charge in [0.1, 0.15) is 5.78 Å². The van der Waals surface area contributed by atoms with E-state index in [1.807, 2.05) is 0 Å². The molecular weight excluding hydrogens is 164 g/mol. The Morgan fingerprint density at radius 2 is 2.15 bits per heavy atom. The molecule has 0 bridgehead atoms. The predicted molar refractivity (Wildman–Crippen MR) is 50.1 cm³/mol. The minimum absolute atomic E-state index is 0.0260. The number of Topliss-reactive ketones (excluding diaryl/α,β-unsaturated/α-hetero) is 1. The van der Waals surface area contributed by atoms with Crippen LogP contribution in [0, 0.1) is 11.3 Å². The van der Waals surface area contributed by atoms with Crippen molar-refractivity contribution in [3.05, 3.63) is 0 Å². The fourth-order valence-electron chi connectivity index (χ4n) is 1.69. The highest BCUT2D eigenvalue weighted by molar-refractivity contribution is 5.79. The van der Waals surface area contributed by atoms with Crippen LogP contribution in [0.25, 0.3) is 0 Å². The molecule has 1 fully saturated rings. The van der Waals surface area contributed by atoms with Gasteiger partial charge in [0.05, 0.1) is 12.1 Å². The zero-order valence-electron chi connectivity index (χ0n) is 8.12. The summed E-state index contributed by atoms with van der Waals surface area (Å²) in [5.41, 5.74) is 0. The van der Waals surface area contributed by atoms with Crippen LogP contribution in [0.5, 0.6) is 0 Å². The number of carbonyl (C=O) groups excluding carboxylic acids is 1. The molecule has 0 amide bonds. The molecule has 3 nitrogen and oxygen atoms in total. The maximum absolute atomic E-state index is 11.0. The molecule has 1 rings (SSSR count). The Bertz CT molecular complexity index is 209. The summed E-state index contributed by atoms with van der Waals surface area (Å²) in [4.78, 5) is 13.1. The molecule has 0 aromatic rings. The first-order valence-corrected chi connectivity index (χ1v) is 4.93. The van der Waals surface area contributed by atoms with Gasteiger partial charge in [0.25, 0.3) is 0 Å². The van der Waals surface area contributed by atoms with Crippen LogP contribution < -0.4 is 0 Å². The first-order chi connectivity index (χ1) is 6.27. The predicted octanol–water partition coefficient (Wildman–Crippen LogP) is 1.34. The van der Waals surface area contributed by atoms with Crippen LogP contribution in [0.4, 0.5) is 0 Å². The molecule has 1 heterocycles. The van der Waals surface area contributed by atoms with Crippen LogP contribution in [0.1, 0.15) is 32.6 Å². The van der Waals surface area contributed by atoms with Gasteiger partial charge in [-0.1, -0.05) is 13.3 Å². The van der Waals surface area contributed by atoms with E-state index in [1.165, 1.54) is 0 Å². The third-order valence-corrected chi connectivity index (χ3v) is 2.51. The Morgan fingerprint density at radius 3 is 2.62 bits per heavy atom. The fraction of sp³-hybridized carbons (Fsp3) is 0.800. The van der Waals surface area contributed by atoms with Crippen molar-refractivity contribution >= 4 is 5.78 Å². The second kappa shape index (κ2) is 4.98. The molecule has 0 aliphatic carbocycles. The van der Waals surface area contributed by atoms with Crippen molar-refractivity contribution in [1.29, 1.82) is 5.26 Å². The average Bonchev–Trinajstić information content (AvgIpc) is 2.16. The Morgan fingerprint density at radius 1 is 1.54 bits per heavy atom. The number of nitrogens with zero attached hydrogens (tertiary/aromatic N) is 2. The number of ketones is 1. The Hall–Kier alpha value is -0.880. The zero-order valence-corrected chi connectivity index (χ0v) is 8.12. The fourth-order valence-corrected chi connectivity index (χ4v) is 1.69. The molecule has 1 aliphatic heterocycles. The van der Waals surface area contributed by atoms with Gasteiger partial charge >= 0.3 is 0 Å². The molecule has 3 heteroatoms. The number of hydrogen-bond donors (Lipinski definition) is 0. The number of likely N-dealkylation sites (tertiary alicyclic amines) is 1. The van der Waals surface area contributed by atoms with Crippen LogP contribution in [-0.4, -0.2) is 29.8 Å². The first-order valence-electron chi connectivity index (χ1n) is 4.93. The van der Waals surface area contributed by atoms with Gasteiger partial charge in [0.2, 0.25) is 0 Å². The van der Waals surface area contributed by atoms with Crippen LogP contribution >= 0.6 is 0 Å². The molecule has 0 aromatic carbocycles. The molecule has 1 saturated heterocycles. The van der Waals surface area contributed by atoms with Gasteiger partial charge in [-0.05, 0) is 6.42 Å². The summed E-state index contributed by atoms with van der Waals surface area (Å²) in [6, 6.07) is 2.33. The second-order valence-corrected chi connectivity index (χ2v) is 3.51. The lowest BCUT2D eigenvalue weighted by Crippen LogP contribution is -2.40. The summed E-state index contributed by atoms with van der Waals surface area (Å²) >= 11 is 0. The molecule has 0 N–H and O–H groups in total. The molecule has 72 valence electrons. The summed E-state index contributed by atoms with van der Waals surface area (Å²) in [5, 5.41) is 8.90. The summed E-state index contributed by atoms with van der Waals surface area (Å²) in [7, 11) is 0. The van der Waals surface area contributed by atoms with Gasteiger partial charge < -0.3 is 0 Å². The smallest absolute Gasteiger partial charge is 0.135 e. The van der Waals surface area contributed by atoms with E-state index in [9.17, 15) is 4.79 Å². The number of piperidine rings is 1. The van der Waals surface area contributed by atoms with E-state index in [-0.39, 0.29) is 6.04 Å². The highest BCUT2D eigenvalue weighted by atomic mass is 16.1. The Balaban J connectivity index is 2.42. The first kappa shape index (κ1) is 10.2. The molecule has 0 aromatic heterocycles. The van der Waals surface area contributed by atoms with E-state index in [2.05, 4.69) is 17.9 Å². The van der Waals surface area contributed by atoms with Gasteiger partial charge in [-0.15, -0.1) is 0 Å². The van der Waals surface area contributed by atoms with Gasteiger partial charge in [-0.25, -0.2) is 0 Å². The van der Waals surface area contributed by atoms with Crippen molar-refractivity contribution in [2.45, 2.75) is 38.6 Å². The normalized spacial score (nSPS) is 21.1. The second-order valence-electron chi connectivity index (χ2n) is 3.51. The van der Waals surface area contributed by atoms with E-state index >= 15 is 0 Å². The van der Waals surface area contributed by atoms with Crippen molar-refractivity contribution < 1.29 is 4.79 Å². The number of nitriles is 1. The quantitative estimate of drug-likeness (QED) is 0.658. The average molecular weight is 180 g/mol. The zero-order chi connectivity index (χ0) is 9.68. The van der Waals surface area contributed by atoms with E-state index in [4.69, 9.17) is 5.26 Å². The van der Waals surface area contributed by atoms with Crippen LogP contribution in [-0.2, 0) is 4.79 Å². The van der Waals surface area contributed by atoms with E-state index in [0.29, 0.717) is 18.6 Å². The Kier molecular flexibility index (Phi) is 3.91. The monoisotopic (exact) mass is 180 g/mol. The topological polar surface area (TPSA) is 44.1 Å². The van der Waals surface area contributed by atoms with Crippen molar-refractivity contribution in [2.75, 3.05) is 13.1 Å². The molecule has 0 spiro atoms. The number of rotatable bonds is 3. The van der Waals surface area contributed by atoms with Gasteiger partial charge in [-0.2, -0.15) is 5.26 Å². The summed E-state index contributed by atoms with van der Waals surface area (Å²) < 4.78 is 0. The minimum atomic E-state index is 0.0260. The summed E-state index contributed by atoms with van der Waals surface area (Å²) in [5.74, 6) is 0.337. The van der Waals surface area contributed by atoms with Crippen molar-refractivity contribution in [2.24, 2.45) is 0 Å². The minimum Gasteiger partial charge on any atom is -0.300 e. The van der Waals surface area contributed by atoms with Crippen molar-refractivity contribution in [3.8, 4) is 6.07 Å². The summed E-state index contributed by atoms with van der Waals surface area (Å²) in [6.07, 6.45) is 3.21. The largest absolute Gasteiger partial charge is 0.300 e. The van der Waals surface area contributed by atoms with Gasteiger partial charge in [0, 0.05) is 25.9 Å². The van der Waals surface area contributed by atoms with Crippen LogP contribution in [0.2, 0.25) is 0 Å². The van der Waals surface area contributed by atoms with Gasteiger partial charge in [0.15, 0.2) is 0 Å². The molecular formula is C10H16N2O. The maximum Gasteiger partial charge on any atom is 0.135 e. The highest BCUT2D eigenvalue weighted by Crippen LogP contribution is 2.12. The van der Waals surface area contributed by atoms with E-state index in [0.717, 1.165) is 25.9 Å². The van der Waals surface area contributed by atoms with E-state index in [1.54, 1.807) is 0 Å². The number of carbonyl (C=O) groups is 1. The summed E-state index contributed by atoms with van der Waals surface area (Å²) in [6.45, 7) is 3.63. The third kappa shape index (κ3) is 2.82. The lowest BCUT2D eigenvalue weighted by atomic mass is 10.1. The Labute approximate surface area is 79.3 Å². The standard InChI is InChI=1S/C10H16N2O/c1-2-3-9(8-11)12-6-4-10(13)5-7-12/h9H,2-7H2,1H3. The lowest BCUT2D eigenvalue weighted by Gasteiger charge is -2.29. The molecule has 1 unspecified atom stereocenters. The van der Waals surface area contributed by atoms with Crippen molar-refractivity contribution in [3.63, 3.8) is 0 Å². The molecule has 0 saturated carbocycles. The van der Waals surface area contributed by atoms with Crippen LogP contribution in [0.3, 0.4) is 0 Å². The maximum atomic E-state index is 11.0. The van der Waals surface area contributed by atoms with E-state index < -0.39 is 0 Å². The highest BCUT2D eigenvalue weighted by Gasteiger charge is 2.22. The molecule has 1 aliphatic rings. The molecule has 0 radical (unpaired) electrons. The van der Waals surface area contributed by atoms with Crippen LogP contribution in [0.15, 0.2) is 0 Å². The van der Waals surface area contributed by atoms with Gasteiger partial charge in [-0.3, -0.25) is 9.69 Å². The number of hydrogen-bond acceptors (Lipinski definition) is 3. The van der Waals surface area contributed by atoms with Crippen molar-refractivity contribution in [1.82, 2.24) is 4.90 Å². The lowest BCUT2D eigenvalue weighted by molar-refractivity contribution is -0.121. The third-order valence-electron chi connectivity index (χ3n) is 2.51. The molecule has 1 atom stereocenters. The molecule has 13 heavy (non-hydrogen) atoms. The SMILES string of the molecule is CCCC(C#N)N1CCC(=O)CC1.